The van der Waals surface area contributed by atoms with E-state index in [1.54, 1.807) is 0 Å². The average molecular weight is 216 g/mol. The zero-order valence-corrected chi connectivity index (χ0v) is 10.1. The molecule has 0 amide bonds. The van der Waals surface area contributed by atoms with Crippen LogP contribution in [0.4, 0.5) is 0 Å². The molecule has 1 fully saturated rings. The number of morpholine rings is 1. The minimum absolute atomic E-state index is 0.0123. The summed E-state index contributed by atoms with van der Waals surface area (Å²) in [7, 11) is 0. The lowest BCUT2D eigenvalue weighted by Crippen LogP contribution is -2.52. The van der Waals surface area contributed by atoms with Gasteiger partial charge in [-0.1, -0.05) is 6.92 Å². The molecule has 1 aliphatic heterocycles. The van der Waals surface area contributed by atoms with Gasteiger partial charge in [-0.25, -0.2) is 0 Å². The summed E-state index contributed by atoms with van der Waals surface area (Å²) >= 11 is 0. The molecule has 15 heavy (non-hydrogen) atoms. The molecule has 4 nitrogen and oxygen atoms in total. The van der Waals surface area contributed by atoms with E-state index in [0.717, 1.165) is 26.2 Å². The molecule has 4 heteroatoms. The highest BCUT2D eigenvalue weighted by molar-refractivity contribution is 4.80. The molecule has 0 aromatic carbocycles. The second-order valence-electron chi connectivity index (χ2n) is 4.35. The molecule has 0 spiro atoms. The summed E-state index contributed by atoms with van der Waals surface area (Å²) in [5.74, 6) is 0. The van der Waals surface area contributed by atoms with E-state index in [2.05, 4.69) is 11.8 Å². The third-order valence-corrected chi connectivity index (χ3v) is 2.72. The molecule has 1 saturated heterocycles. The number of nitrogens with two attached hydrogens (primary N) is 1. The van der Waals surface area contributed by atoms with Gasteiger partial charge in [0, 0.05) is 13.1 Å². The van der Waals surface area contributed by atoms with Crippen molar-refractivity contribution in [3.63, 3.8) is 0 Å². The van der Waals surface area contributed by atoms with Crippen LogP contribution in [0.5, 0.6) is 0 Å². The van der Waals surface area contributed by atoms with E-state index in [-0.39, 0.29) is 18.2 Å². The van der Waals surface area contributed by atoms with Gasteiger partial charge in [0.05, 0.1) is 31.5 Å². The van der Waals surface area contributed by atoms with E-state index in [1.807, 2.05) is 13.8 Å². The summed E-state index contributed by atoms with van der Waals surface area (Å²) in [4.78, 5) is 2.36. The van der Waals surface area contributed by atoms with E-state index in [0.29, 0.717) is 6.61 Å². The number of nitrogens with zero attached hydrogens (tertiary/aromatic N) is 1. The van der Waals surface area contributed by atoms with Crippen LogP contribution in [0.2, 0.25) is 0 Å². The Bertz CT molecular complexity index is 176. The second kappa shape index (κ2) is 6.43. The highest BCUT2D eigenvalue weighted by Crippen LogP contribution is 2.08. The standard InChI is InChI=1S/C11H24N2O2/c1-4-13-5-6-14-11(7-13)10(12)8-15-9(2)3/h9-11H,4-8,12H2,1-3H3. The van der Waals surface area contributed by atoms with Gasteiger partial charge in [-0.15, -0.1) is 0 Å². The molecule has 0 radical (unpaired) electrons. The predicted octanol–water partition coefficient (Wildman–Crippen LogP) is 0.459. The van der Waals surface area contributed by atoms with Crippen molar-refractivity contribution in [3.8, 4) is 0 Å². The van der Waals surface area contributed by atoms with Crippen molar-refractivity contribution in [3.05, 3.63) is 0 Å². The third-order valence-electron chi connectivity index (χ3n) is 2.72. The molecule has 2 N–H and O–H groups in total. The van der Waals surface area contributed by atoms with Crippen LogP contribution in [0.1, 0.15) is 20.8 Å². The maximum atomic E-state index is 6.04. The molecule has 1 rings (SSSR count). The maximum absolute atomic E-state index is 6.04. The Morgan fingerprint density at radius 2 is 2.27 bits per heavy atom. The topological polar surface area (TPSA) is 47.7 Å². The van der Waals surface area contributed by atoms with Gasteiger partial charge in [0.1, 0.15) is 0 Å². The van der Waals surface area contributed by atoms with Crippen LogP contribution in [0.25, 0.3) is 0 Å². The minimum atomic E-state index is -0.0123. The largest absolute Gasteiger partial charge is 0.377 e. The van der Waals surface area contributed by atoms with E-state index in [4.69, 9.17) is 15.2 Å². The van der Waals surface area contributed by atoms with Gasteiger partial charge in [-0.3, -0.25) is 4.90 Å². The van der Waals surface area contributed by atoms with Crippen molar-refractivity contribution in [1.82, 2.24) is 4.90 Å². The van der Waals surface area contributed by atoms with Crippen LogP contribution in [-0.4, -0.2) is 56.0 Å². The van der Waals surface area contributed by atoms with Gasteiger partial charge in [0.25, 0.3) is 0 Å². The van der Waals surface area contributed by atoms with Gasteiger partial charge in [-0.05, 0) is 20.4 Å². The van der Waals surface area contributed by atoms with Crippen LogP contribution >= 0.6 is 0 Å². The van der Waals surface area contributed by atoms with Crippen molar-refractivity contribution in [1.29, 1.82) is 0 Å². The number of likely N-dealkylation sites (N-methyl/N-ethyl adjacent to an activating group) is 1. The molecule has 2 unspecified atom stereocenters. The lowest BCUT2D eigenvalue weighted by atomic mass is 10.1. The summed E-state index contributed by atoms with van der Waals surface area (Å²) < 4.78 is 11.2. The molecule has 0 bridgehead atoms. The smallest absolute Gasteiger partial charge is 0.0875 e. The highest BCUT2D eigenvalue weighted by Gasteiger charge is 2.25. The Hall–Kier alpha value is -0.160. The molecule has 0 saturated carbocycles. The Morgan fingerprint density at radius 3 is 2.87 bits per heavy atom. The first-order valence-electron chi connectivity index (χ1n) is 5.84. The lowest BCUT2D eigenvalue weighted by molar-refractivity contribution is -0.0578. The number of ether oxygens (including phenoxy) is 2. The van der Waals surface area contributed by atoms with Crippen LogP contribution in [0.15, 0.2) is 0 Å². The Balaban J connectivity index is 2.28. The quantitative estimate of drug-likeness (QED) is 0.725. The zero-order valence-electron chi connectivity index (χ0n) is 10.1. The summed E-state index contributed by atoms with van der Waals surface area (Å²) in [5, 5.41) is 0. The van der Waals surface area contributed by atoms with E-state index in [9.17, 15) is 0 Å². The fourth-order valence-electron chi connectivity index (χ4n) is 1.69. The highest BCUT2D eigenvalue weighted by atomic mass is 16.5. The van der Waals surface area contributed by atoms with Crippen molar-refractivity contribution >= 4 is 0 Å². The second-order valence-corrected chi connectivity index (χ2v) is 4.35. The SMILES string of the molecule is CCN1CCOC(C(N)COC(C)C)C1. The summed E-state index contributed by atoms with van der Waals surface area (Å²) in [6.45, 7) is 10.6. The third kappa shape index (κ3) is 4.47. The first-order chi connectivity index (χ1) is 7.13. The predicted molar refractivity (Wildman–Crippen MR) is 60.9 cm³/mol. The fourth-order valence-corrected chi connectivity index (χ4v) is 1.69. The molecular formula is C11H24N2O2. The van der Waals surface area contributed by atoms with Crippen molar-refractivity contribution in [2.24, 2.45) is 5.73 Å². The number of rotatable bonds is 5. The molecule has 0 aromatic rings. The fraction of sp³-hybridized carbons (Fsp3) is 1.00. The van der Waals surface area contributed by atoms with Crippen molar-refractivity contribution < 1.29 is 9.47 Å². The van der Waals surface area contributed by atoms with Crippen molar-refractivity contribution in [2.75, 3.05) is 32.8 Å². The van der Waals surface area contributed by atoms with Crippen LogP contribution < -0.4 is 5.73 Å². The van der Waals surface area contributed by atoms with Gasteiger partial charge >= 0.3 is 0 Å². The Labute approximate surface area is 92.7 Å². The number of hydrogen-bond acceptors (Lipinski definition) is 4. The van der Waals surface area contributed by atoms with Crippen LogP contribution in [0.3, 0.4) is 0 Å². The van der Waals surface area contributed by atoms with E-state index < -0.39 is 0 Å². The molecule has 2 atom stereocenters. The Kier molecular flexibility index (Phi) is 5.53. The van der Waals surface area contributed by atoms with Gasteiger partial charge < -0.3 is 15.2 Å². The van der Waals surface area contributed by atoms with Gasteiger partial charge in [0.2, 0.25) is 0 Å². The lowest BCUT2D eigenvalue weighted by Gasteiger charge is -2.35. The summed E-state index contributed by atoms with van der Waals surface area (Å²) in [5.41, 5.74) is 6.04. The van der Waals surface area contributed by atoms with Crippen LogP contribution in [-0.2, 0) is 9.47 Å². The molecule has 0 aliphatic carbocycles. The molecule has 0 aromatic heterocycles. The first-order valence-corrected chi connectivity index (χ1v) is 5.84. The Morgan fingerprint density at radius 1 is 1.53 bits per heavy atom. The molecule has 90 valence electrons. The summed E-state index contributed by atoms with van der Waals surface area (Å²) in [6.07, 6.45) is 0.361. The zero-order chi connectivity index (χ0) is 11.3. The minimum Gasteiger partial charge on any atom is -0.377 e. The van der Waals surface area contributed by atoms with Crippen molar-refractivity contribution in [2.45, 2.75) is 39.0 Å². The molecular weight excluding hydrogens is 192 g/mol. The average Bonchev–Trinajstić information content (AvgIpc) is 2.26. The monoisotopic (exact) mass is 216 g/mol. The van der Waals surface area contributed by atoms with Crippen LogP contribution in [0, 0.1) is 0 Å². The first kappa shape index (κ1) is 12.9. The van der Waals surface area contributed by atoms with Gasteiger partial charge in [-0.2, -0.15) is 0 Å². The molecule has 1 heterocycles. The normalized spacial score (nSPS) is 25.8. The van der Waals surface area contributed by atoms with E-state index in [1.165, 1.54) is 0 Å². The van der Waals surface area contributed by atoms with E-state index >= 15 is 0 Å². The number of hydrogen-bond donors (Lipinski definition) is 1. The maximum Gasteiger partial charge on any atom is 0.0875 e. The van der Waals surface area contributed by atoms with Gasteiger partial charge in [0.15, 0.2) is 0 Å². The molecule has 1 aliphatic rings. The summed E-state index contributed by atoms with van der Waals surface area (Å²) in [6, 6.07) is -0.0123.